The van der Waals surface area contributed by atoms with Crippen LogP contribution in [-0.4, -0.2) is 11.9 Å². The maximum atomic E-state index is 5.45. The van der Waals surface area contributed by atoms with Crippen molar-refractivity contribution in [2.24, 2.45) is 0 Å². The molecule has 0 aliphatic carbocycles. The zero-order valence-electron chi connectivity index (χ0n) is 11.7. The van der Waals surface area contributed by atoms with Crippen LogP contribution in [0.15, 0.2) is 48.5 Å². The molecular weight excluding hydrogens is 312 g/mol. The van der Waals surface area contributed by atoms with Crippen molar-refractivity contribution in [3.8, 4) is 5.75 Å². The molecule has 0 spiro atoms. The van der Waals surface area contributed by atoms with Crippen LogP contribution in [0.3, 0.4) is 0 Å². The van der Waals surface area contributed by atoms with Crippen molar-refractivity contribution < 1.29 is 4.74 Å². The molecule has 20 heavy (non-hydrogen) atoms. The van der Waals surface area contributed by atoms with Crippen molar-refractivity contribution in [1.82, 2.24) is 0 Å². The Morgan fingerprint density at radius 3 is 2.45 bits per heavy atom. The van der Waals surface area contributed by atoms with Gasteiger partial charge in [0.1, 0.15) is 5.75 Å². The molecule has 0 saturated heterocycles. The van der Waals surface area contributed by atoms with Gasteiger partial charge >= 0.3 is 0 Å². The van der Waals surface area contributed by atoms with Gasteiger partial charge in [0, 0.05) is 5.33 Å². The van der Waals surface area contributed by atoms with Gasteiger partial charge in [0.2, 0.25) is 0 Å². The van der Waals surface area contributed by atoms with E-state index in [-0.39, 0.29) is 0 Å². The lowest BCUT2D eigenvalue weighted by Crippen LogP contribution is -1.90. The lowest BCUT2D eigenvalue weighted by molar-refractivity contribution is 0.340. The van der Waals surface area contributed by atoms with E-state index in [1.807, 2.05) is 19.1 Å². The molecule has 2 rings (SSSR count). The number of rotatable bonds is 6. The number of ether oxygens (including phenoxy) is 1. The van der Waals surface area contributed by atoms with Crippen molar-refractivity contribution in [1.29, 1.82) is 0 Å². The van der Waals surface area contributed by atoms with E-state index in [4.69, 9.17) is 4.74 Å². The zero-order chi connectivity index (χ0) is 14.2. The lowest BCUT2D eigenvalue weighted by atomic mass is 10.0. The van der Waals surface area contributed by atoms with Crippen LogP contribution in [0.5, 0.6) is 5.75 Å². The summed E-state index contributed by atoms with van der Waals surface area (Å²) in [5.41, 5.74) is 3.83. The van der Waals surface area contributed by atoms with Gasteiger partial charge in [0.15, 0.2) is 0 Å². The average Bonchev–Trinajstić information content (AvgIpc) is 2.48. The molecule has 0 bridgehead atoms. The van der Waals surface area contributed by atoms with Gasteiger partial charge in [-0.2, -0.15) is 0 Å². The van der Waals surface area contributed by atoms with Crippen LogP contribution in [-0.2, 0) is 6.42 Å². The van der Waals surface area contributed by atoms with Gasteiger partial charge in [-0.15, -0.1) is 0 Å². The summed E-state index contributed by atoms with van der Waals surface area (Å²) < 4.78 is 5.45. The summed E-state index contributed by atoms with van der Waals surface area (Å²) in [5, 5.41) is 0.987. The first-order valence-electron chi connectivity index (χ1n) is 6.88. The number of aryl methyl sites for hydroxylation is 1. The van der Waals surface area contributed by atoms with Crippen LogP contribution < -0.4 is 4.74 Å². The second-order valence-electron chi connectivity index (χ2n) is 4.47. The largest absolute Gasteiger partial charge is 0.494 e. The SMILES string of the molecule is CCOc1ccc(/C=C/c2ccccc2CCBr)cc1. The zero-order valence-corrected chi connectivity index (χ0v) is 13.3. The van der Waals surface area contributed by atoms with Crippen molar-refractivity contribution in [2.75, 3.05) is 11.9 Å². The Kier molecular flexibility index (Phi) is 5.87. The van der Waals surface area contributed by atoms with Crippen molar-refractivity contribution in [2.45, 2.75) is 13.3 Å². The highest BCUT2D eigenvalue weighted by Crippen LogP contribution is 2.17. The number of benzene rings is 2. The Labute approximate surface area is 129 Å². The molecule has 0 radical (unpaired) electrons. The first-order chi connectivity index (χ1) is 9.83. The molecule has 0 aromatic heterocycles. The Morgan fingerprint density at radius 2 is 1.75 bits per heavy atom. The summed E-state index contributed by atoms with van der Waals surface area (Å²) in [6.45, 7) is 2.70. The molecule has 0 fully saturated rings. The number of hydrogen-bond acceptors (Lipinski definition) is 1. The first kappa shape index (κ1) is 14.9. The summed E-state index contributed by atoms with van der Waals surface area (Å²) in [7, 11) is 0. The Bertz CT molecular complexity index is 558. The number of hydrogen-bond donors (Lipinski definition) is 0. The highest BCUT2D eigenvalue weighted by Gasteiger charge is 1.97. The number of halogens is 1. The summed E-state index contributed by atoms with van der Waals surface area (Å²) in [4.78, 5) is 0. The second kappa shape index (κ2) is 7.91. The number of alkyl halides is 1. The van der Waals surface area contributed by atoms with Crippen LogP contribution in [0.4, 0.5) is 0 Å². The molecule has 0 heterocycles. The molecule has 104 valence electrons. The molecule has 0 unspecified atom stereocenters. The first-order valence-corrected chi connectivity index (χ1v) is 8.00. The molecular formula is C18H19BrO. The van der Waals surface area contributed by atoms with Crippen molar-refractivity contribution in [3.05, 3.63) is 65.2 Å². The minimum absolute atomic E-state index is 0.703. The highest BCUT2D eigenvalue weighted by atomic mass is 79.9. The van der Waals surface area contributed by atoms with Crippen LogP contribution in [0.1, 0.15) is 23.6 Å². The molecule has 0 saturated carbocycles. The third-order valence-electron chi connectivity index (χ3n) is 3.07. The molecule has 0 aliphatic rings. The van der Waals surface area contributed by atoms with Crippen LogP contribution in [0, 0.1) is 0 Å². The smallest absolute Gasteiger partial charge is 0.119 e. The fourth-order valence-electron chi connectivity index (χ4n) is 2.05. The van der Waals surface area contributed by atoms with E-state index < -0.39 is 0 Å². The fraction of sp³-hybridized carbons (Fsp3) is 0.222. The van der Waals surface area contributed by atoms with Gasteiger partial charge in [0.05, 0.1) is 6.61 Å². The minimum Gasteiger partial charge on any atom is -0.494 e. The molecule has 2 aromatic rings. The Balaban J connectivity index is 2.12. The van der Waals surface area contributed by atoms with Gasteiger partial charge in [-0.1, -0.05) is 64.5 Å². The van der Waals surface area contributed by atoms with Gasteiger partial charge in [-0.05, 0) is 42.2 Å². The third-order valence-corrected chi connectivity index (χ3v) is 3.46. The van der Waals surface area contributed by atoms with Crippen LogP contribution in [0.25, 0.3) is 12.2 Å². The van der Waals surface area contributed by atoms with E-state index in [1.54, 1.807) is 0 Å². The third kappa shape index (κ3) is 4.24. The van der Waals surface area contributed by atoms with Crippen molar-refractivity contribution in [3.63, 3.8) is 0 Å². The molecule has 0 atom stereocenters. The molecule has 2 heteroatoms. The molecule has 0 N–H and O–H groups in total. The Morgan fingerprint density at radius 1 is 1.00 bits per heavy atom. The van der Waals surface area contributed by atoms with E-state index in [1.165, 1.54) is 16.7 Å². The maximum absolute atomic E-state index is 5.45. The predicted molar refractivity (Wildman–Crippen MR) is 90.5 cm³/mol. The summed E-state index contributed by atoms with van der Waals surface area (Å²) >= 11 is 3.50. The topological polar surface area (TPSA) is 9.23 Å². The molecule has 2 aromatic carbocycles. The summed E-state index contributed by atoms with van der Waals surface area (Å²) in [6.07, 6.45) is 5.36. The molecule has 0 aliphatic heterocycles. The average molecular weight is 331 g/mol. The van der Waals surface area contributed by atoms with E-state index >= 15 is 0 Å². The lowest BCUT2D eigenvalue weighted by Gasteiger charge is -2.04. The summed E-state index contributed by atoms with van der Waals surface area (Å²) in [6, 6.07) is 16.7. The fourth-order valence-corrected chi connectivity index (χ4v) is 2.48. The van der Waals surface area contributed by atoms with Crippen LogP contribution >= 0.6 is 15.9 Å². The van der Waals surface area contributed by atoms with E-state index in [0.29, 0.717) is 6.61 Å². The van der Waals surface area contributed by atoms with Gasteiger partial charge in [-0.25, -0.2) is 0 Å². The maximum Gasteiger partial charge on any atom is 0.119 e. The Hall–Kier alpha value is -1.54. The summed E-state index contributed by atoms with van der Waals surface area (Å²) in [5.74, 6) is 0.921. The predicted octanol–water partition coefficient (Wildman–Crippen LogP) is 5.19. The normalized spacial score (nSPS) is 10.9. The molecule has 0 amide bonds. The van der Waals surface area contributed by atoms with Crippen molar-refractivity contribution >= 4 is 28.1 Å². The van der Waals surface area contributed by atoms with E-state index in [2.05, 4.69) is 64.5 Å². The van der Waals surface area contributed by atoms with E-state index in [9.17, 15) is 0 Å². The van der Waals surface area contributed by atoms with Crippen LogP contribution in [0.2, 0.25) is 0 Å². The van der Waals surface area contributed by atoms with Gasteiger partial charge in [-0.3, -0.25) is 0 Å². The quantitative estimate of drug-likeness (QED) is 0.523. The van der Waals surface area contributed by atoms with Gasteiger partial charge < -0.3 is 4.74 Å². The van der Waals surface area contributed by atoms with E-state index in [0.717, 1.165) is 17.5 Å². The standard InChI is InChI=1S/C18H19BrO/c1-2-20-18-11-8-15(9-12-18)7-10-16-5-3-4-6-17(16)13-14-19/h3-12H,2,13-14H2,1H3/b10-7+. The second-order valence-corrected chi connectivity index (χ2v) is 5.27. The monoisotopic (exact) mass is 330 g/mol. The molecule has 1 nitrogen and oxygen atoms in total. The highest BCUT2D eigenvalue weighted by molar-refractivity contribution is 9.09. The minimum atomic E-state index is 0.703. The van der Waals surface area contributed by atoms with Gasteiger partial charge in [0.25, 0.3) is 0 Å².